The fourth-order valence-electron chi connectivity index (χ4n) is 3.48. The second-order valence-electron chi connectivity index (χ2n) is 7.10. The number of pyridine rings is 2. The van der Waals surface area contributed by atoms with E-state index in [1.807, 2.05) is 41.3 Å². The number of hydrogen-bond acceptors (Lipinski definition) is 5. The zero-order chi connectivity index (χ0) is 20.1. The maximum Gasteiger partial charge on any atom is 0.255 e. The van der Waals surface area contributed by atoms with Crippen LogP contribution in [0.2, 0.25) is 0 Å². The number of aromatic nitrogens is 2. The normalized spacial score (nSPS) is 14.0. The van der Waals surface area contributed by atoms with Crippen LogP contribution in [0.4, 0.5) is 17.2 Å². The summed E-state index contributed by atoms with van der Waals surface area (Å²) in [7, 11) is 0. The number of benzene rings is 1. The summed E-state index contributed by atoms with van der Waals surface area (Å²) in [5, 5.41) is 3.33. The number of carbonyl (C=O) groups excluding carboxylic acids is 1. The maximum atomic E-state index is 13.0. The van der Waals surface area contributed by atoms with Gasteiger partial charge >= 0.3 is 0 Å². The van der Waals surface area contributed by atoms with E-state index >= 15 is 0 Å². The Morgan fingerprint density at radius 3 is 2.48 bits per heavy atom. The molecule has 1 N–H and O–H groups in total. The van der Waals surface area contributed by atoms with Gasteiger partial charge in [-0.2, -0.15) is 0 Å². The molecule has 0 bridgehead atoms. The highest BCUT2D eigenvalue weighted by molar-refractivity contribution is 5.95. The number of aryl methyl sites for hydroxylation is 1. The van der Waals surface area contributed by atoms with Crippen molar-refractivity contribution in [3.05, 3.63) is 78.2 Å². The Kier molecular flexibility index (Phi) is 5.70. The summed E-state index contributed by atoms with van der Waals surface area (Å²) in [5.74, 6) is 0.977. The van der Waals surface area contributed by atoms with Crippen LogP contribution < -0.4 is 10.2 Å². The van der Waals surface area contributed by atoms with Gasteiger partial charge < -0.3 is 15.1 Å². The van der Waals surface area contributed by atoms with Crippen LogP contribution in [-0.4, -0.2) is 47.0 Å². The zero-order valence-corrected chi connectivity index (χ0v) is 16.6. The molecule has 0 spiro atoms. The molecule has 4 rings (SSSR count). The number of hydrogen-bond donors (Lipinski definition) is 1. The molecule has 0 unspecified atom stereocenters. The quantitative estimate of drug-likeness (QED) is 0.723. The third-order valence-electron chi connectivity index (χ3n) is 5.18. The minimum atomic E-state index is 0.0168. The summed E-state index contributed by atoms with van der Waals surface area (Å²) in [4.78, 5) is 25.7. The van der Waals surface area contributed by atoms with Crippen LogP contribution in [0.3, 0.4) is 0 Å². The second-order valence-corrected chi connectivity index (χ2v) is 7.10. The van der Waals surface area contributed by atoms with E-state index in [9.17, 15) is 4.79 Å². The molecule has 1 saturated heterocycles. The zero-order valence-electron chi connectivity index (χ0n) is 16.6. The fourth-order valence-corrected chi connectivity index (χ4v) is 3.48. The predicted octanol–water partition coefficient (Wildman–Crippen LogP) is 3.75. The number of carbonyl (C=O) groups is 1. The lowest BCUT2D eigenvalue weighted by Crippen LogP contribution is -2.49. The largest absolute Gasteiger partial charge is 0.354 e. The Bertz CT molecular complexity index is 951. The molecular formula is C23H25N5O. The van der Waals surface area contributed by atoms with Gasteiger partial charge in [-0.3, -0.25) is 9.78 Å². The van der Waals surface area contributed by atoms with Crippen LogP contribution in [-0.2, 0) is 6.42 Å². The highest BCUT2D eigenvalue weighted by Crippen LogP contribution is 2.19. The third kappa shape index (κ3) is 4.54. The summed E-state index contributed by atoms with van der Waals surface area (Å²) in [5.41, 5.74) is 3.69. The molecule has 0 atom stereocenters. The number of amides is 1. The van der Waals surface area contributed by atoms with Crippen LogP contribution in [0.5, 0.6) is 0 Å². The third-order valence-corrected chi connectivity index (χ3v) is 5.18. The smallest absolute Gasteiger partial charge is 0.255 e. The molecule has 1 aromatic carbocycles. The molecule has 1 amide bonds. The minimum absolute atomic E-state index is 0.0168. The molecule has 6 nitrogen and oxygen atoms in total. The monoisotopic (exact) mass is 387 g/mol. The Morgan fingerprint density at radius 2 is 1.79 bits per heavy atom. The summed E-state index contributed by atoms with van der Waals surface area (Å²) >= 11 is 0. The van der Waals surface area contributed by atoms with Crippen molar-refractivity contribution in [2.45, 2.75) is 13.3 Å². The fraction of sp³-hybridized carbons (Fsp3) is 0.261. The Hall–Kier alpha value is -3.41. The maximum absolute atomic E-state index is 13.0. The SMILES string of the molecule is CCc1ccc(Nc2cncc(C(=O)N3CCN(c4ccccn4)CC3)c2)cc1. The molecule has 29 heavy (non-hydrogen) atoms. The van der Waals surface area contributed by atoms with Gasteiger partial charge in [0.15, 0.2) is 0 Å². The molecule has 0 saturated carbocycles. The molecule has 1 fully saturated rings. The standard InChI is InChI=1S/C23H25N5O/c1-2-18-6-8-20(9-7-18)26-21-15-19(16-24-17-21)23(29)28-13-11-27(12-14-28)22-5-3-4-10-25-22/h3-10,15-17,26H,2,11-14H2,1H3. The minimum Gasteiger partial charge on any atom is -0.354 e. The van der Waals surface area contributed by atoms with Gasteiger partial charge in [0.25, 0.3) is 5.91 Å². The van der Waals surface area contributed by atoms with Gasteiger partial charge in [0, 0.05) is 44.3 Å². The molecule has 6 heteroatoms. The van der Waals surface area contributed by atoms with Crippen LogP contribution >= 0.6 is 0 Å². The summed E-state index contributed by atoms with van der Waals surface area (Å²) in [6.45, 7) is 5.03. The molecule has 3 aromatic rings. The van der Waals surface area contributed by atoms with Crippen molar-refractivity contribution in [3.8, 4) is 0 Å². The van der Waals surface area contributed by atoms with Gasteiger partial charge in [-0.25, -0.2) is 4.98 Å². The van der Waals surface area contributed by atoms with E-state index in [2.05, 4.69) is 39.2 Å². The Balaban J connectivity index is 1.39. The molecule has 1 aliphatic rings. The molecule has 1 aliphatic heterocycles. The van der Waals surface area contributed by atoms with Crippen molar-refractivity contribution < 1.29 is 4.79 Å². The van der Waals surface area contributed by atoms with Crippen molar-refractivity contribution >= 4 is 23.1 Å². The average molecular weight is 387 g/mol. The van der Waals surface area contributed by atoms with Crippen molar-refractivity contribution in [2.75, 3.05) is 36.4 Å². The number of rotatable bonds is 5. The first kappa shape index (κ1) is 18.9. The number of piperazine rings is 1. The van der Waals surface area contributed by atoms with Crippen LogP contribution in [0, 0.1) is 0 Å². The lowest BCUT2D eigenvalue weighted by molar-refractivity contribution is 0.0746. The number of nitrogens with one attached hydrogen (secondary N) is 1. The van der Waals surface area contributed by atoms with Crippen LogP contribution in [0.15, 0.2) is 67.1 Å². The van der Waals surface area contributed by atoms with Gasteiger partial charge in [-0.05, 0) is 42.3 Å². The predicted molar refractivity (Wildman–Crippen MR) is 116 cm³/mol. The first-order valence-electron chi connectivity index (χ1n) is 9.99. The van der Waals surface area contributed by atoms with E-state index in [0.29, 0.717) is 18.7 Å². The first-order chi connectivity index (χ1) is 14.2. The van der Waals surface area contributed by atoms with Crippen molar-refractivity contribution in [1.82, 2.24) is 14.9 Å². The van der Waals surface area contributed by atoms with Gasteiger partial charge in [0.2, 0.25) is 0 Å². The molecule has 3 heterocycles. The lowest BCUT2D eigenvalue weighted by atomic mass is 10.1. The Morgan fingerprint density at radius 1 is 1.00 bits per heavy atom. The lowest BCUT2D eigenvalue weighted by Gasteiger charge is -2.35. The summed E-state index contributed by atoms with van der Waals surface area (Å²) < 4.78 is 0. The highest BCUT2D eigenvalue weighted by Gasteiger charge is 2.23. The molecule has 2 aromatic heterocycles. The highest BCUT2D eigenvalue weighted by atomic mass is 16.2. The summed E-state index contributed by atoms with van der Waals surface area (Å²) in [6, 6.07) is 16.1. The van der Waals surface area contributed by atoms with E-state index in [4.69, 9.17) is 0 Å². The van der Waals surface area contributed by atoms with E-state index in [0.717, 1.165) is 36.7 Å². The van der Waals surface area contributed by atoms with Crippen molar-refractivity contribution in [1.29, 1.82) is 0 Å². The van der Waals surface area contributed by atoms with Gasteiger partial charge in [0.05, 0.1) is 17.4 Å². The second kappa shape index (κ2) is 8.73. The molecule has 0 radical (unpaired) electrons. The van der Waals surface area contributed by atoms with Gasteiger partial charge in [-0.15, -0.1) is 0 Å². The summed E-state index contributed by atoms with van der Waals surface area (Å²) in [6.07, 6.45) is 6.19. The topological polar surface area (TPSA) is 61.4 Å². The van der Waals surface area contributed by atoms with E-state index in [1.54, 1.807) is 18.6 Å². The van der Waals surface area contributed by atoms with Crippen LogP contribution in [0.1, 0.15) is 22.8 Å². The van der Waals surface area contributed by atoms with Crippen molar-refractivity contribution in [2.24, 2.45) is 0 Å². The van der Waals surface area contributed by atoms with E-state index in [-0.39, 0.29) is 5.91 Å². The number of anilines is 3. The van der Waals surface area contributed by atoms with Gasteiger partial charge in [-0.1, -0.05) is 25.1 Å². The first-order valence-corrected chi connectivity index (χ1v) is 9.99. The van der Waals surface area contributed by atoms with E-state index in [1.165, 1.54) is 5.56 Å². The number of nitrogens with zero attached hydrogens (tertiary/aromatic N) is 4. The molecule has 0 aliphatic carbocycles. The van der Waals surface area contributed by atoms with Gasteiger partial charge in [0.1, 0.15) is 5.82 Å². The molecule has 148 valence electrons. The Labute approximate surface area is 171 Å². The molecular weight excluding hydrogens is 362 g/mol. The van der Waals surface area contributed by atoms with Crippen molar-refractivity contribution in [3.63, 3.8) is 0 Å². The van der Waals surface area contributed by atoms with E-state index < -0.39 is 0 Å². The van der Waals surface area contributed by atoms with Crippen LogP contribution in [0.25, 0.3) is 0 Å². The average Bonchev–Trinajstić information content (AvgIpc) is 2.80.